The standard InChI is InChI=1S/C14H13F5N4O3S/c1-7(14(17,18)19)22-27(25,26)9-6-23(2)12(11(9)16)13(24)21-8-3-4-20-10(15)5-8/h3-7,22H,1-2H3,(H,20,21,24). The van der Waals surface area contributed by atoms with Crippen LogP contribution in [0.2, 0.25) is 0 Å². The van der Waals surface area contributed by atoms with Gasteiger partial charge in [-0.15, -0.1) is 0 Å². The van der Waals surface area contributed by atoms with Gasteiger partial charge in [0.05, 0.1) is 0 Å². The van der Waals surface area contributed by atoms with Gasteiger partial charge in [0.2, 0.25) is 16.0 Å². The number of pyridine rings is 1. The topological polar surface area (TPSA) is 93.1 Å². The lowest BCUT2D eigenvalue weighted by Gasteiger charge is -2.16. The first kappa shape index (κ1) is 20.8. The molecule has 0 aliphatic heterocycles. The highest BCUT2D eigenvalue weighted by molar-refractivity contribution is 7.89. The lowest BCUT2D eigenvalue weighted by Crippen LogP contribution is -2.43. The van der Waals surface area contributed by atoms with Crippen molar-refractivity contribution in [2.24, 2.45) is 7.05 Å². The molecular formula is C14H13F5N4O3S. The zero-order chi connectivity index (χ0) is 20.6. The molecule has 0 aromatic carbocycles. The van der Waals surface area contributed by atoms with Crippen molar-refractivity contribution in [2.45, 2.75) is 24.0 Å². The molecule has 2 aromatic rings. The number of nitrogens with zero attached hydrogens (tertiary/aromatic N) is 2. The van der Waals surface area contributed by atoms with Gasteiger partial charge in [0.25, 0.3) is 5.91 Å². The van der Waals surface area contributed by atoms with Crippen LogP contribution in [0.4, 0.5) is 27.6 Å². The number of halogens is 5. The van der Waals surface area contributed by atoms with Gasteiger partial charge in [-0.2, -0.15) is 22.3 Å². The van der Waals surface area contributed by atoms with Gasteiger partial charge in [-0.25, -0.2) is 17.8 Å². The molecule has 27 heavy (non-hydrogen) atoms. The summed E-state index contributed by atoms with van der Waals surface area (Å²) in [4.78, 5) is 14.3. The molecule has 0 spiro atoms. The van der Waals surface area contributed by atoms with Gasteiger partial charge >= 0.3 is 6.18 Å². The summed E-state index contributed by atoms with van der Waals surface area (Å²) in [5.41, 5.74) is -0.853. The predicted octanol–water partition coefficient (Wildman–Crippen LogP) is 2.18. The number of sulfonamides is 1. The van der Waals surface area contributed by atoms with Gasteiger partial charge in [-0.3, -0.25) is 4.79 Å². The van der Waals surface area contributed by atoms with Gasteiger partial charge in [0.1, 0.15) is 16.6 Å². The number of aryl methyl sites for hydroxylation is 1. The number of aromatic nitrogens is 2. The summed E-state index contributed by atoms with van der Waals surface area (Å²) in [5, 5.41) is 2.14. The second kappa shape index (κ2) is 7.23. The van der Waals surface area contributed by atoms with E-state index in [2.05, 4.69) is 10.3 Å². The van der Waals surface area contributed by atoms with E-state index in [-0.39, 0.29) is 5.69 Å². The molecule has 13 heteroatoms. The third kappa shape index (κ3) is 4.60. The molecule has 2 heterocycles. The quantitative estimate of drug-likeness (QED) is 0.582. The number of carbonyl (C=O) groups excluding carboxylic acids is 1. The highest BCUT2D eigenvalue weighted by Gasteiger charge is 2.40. The van der Waals surface area contributed by atoms with Gasteiger partial charge in [-0.05, 0) is 13.0 Å². The highest BCUT2D eigenvalue weighted by atomic mass is 32.2. The summed E-state index contributed by atoms with van der Waals surface area (Å²) >= 11 is 0. The number of hydrogen-bond donors (Lipinski definition) is 2. The normalized spacial score (nSPS) is 13.4. The van der Waals surface area contributed by atoms with Gasteiger partial charge in [-0.1, -0.05) is 0 Å². The van der Waals surface area contributed by atoms with Gasteiger partial charge in [0, 0.05) is 31.2 Å². The van der Waals surface area contributed by atoms with Crippen LogP contribution < -0.4 is 10.0 Å². The number of nitrogens with one attached hydrogen (secondary N) is 2. The van der Waals surface area contributed by atoms with E-state index in [4.69, 9.17) is 0 Å². The Bertz CT molecular complexity index is 972. The van der Waals surface area contributed by atoms with Crippen LogP contribution in [0, 0.1) is 11.8 Å². The van der Waals surface area contributed by atoms with E-state index in [1.165, 1.54) is 10.8 Å². The van der Waals surface area contributed by atoms with Crippen LogP contribution in [0.5, 0.6) is 0 Å². The van der Waals surface area contributed by atoms with E-state index in [0.717, 1.165) is 23.9 Å². The molecule has 7 nitrogen and oxygen atoms in total. The Kier molecular flexibility index (Phi) is 5.56. The maximum atomic E-state index is 14.5. The van der Waals surface area contributed by atoms with E-state index in [1.807, 2.05) is 0 Å². The second-order valence-corrected chi connectivity index (χ2v) is 7.16. The van der Waals surface area contributed by atoms with Crippen LogP contribution in [-0.2, 0) is 17.1 Å². The number of rotatable bonds is 5. The van der Waals surface area contributed by atoms with Crippen molar-refractivity contribution < 1.29 is 35.2 Å². The molecule has 0 radical (unpaired) electrons. The molecule has 1 unspecified atom stereocenters. The molecule has 0 fully saturated rings. The minimum atomic E-state index is -4.90. The molecule has 0 aliphatic rings. The first-order chi connectivity index (χ1) is 12.3. The fourth-order valence-electron chi connectivity index (χ4n) is 2.05. The molecule has 1 amide bonds. The number of carbonyl (C=O) groups is 1. The Morgan fingerprint density at radius 2 is 1.93 bits per heavy atom. The molecule has 0 saturated heterocycles. The smallest absolute Gasteiger partial charge is 0.343 e. The summed E-state index contributed by atoms with van der Waals surface area (Å²) < 4.78 is 91.4. The molecule has 1 atom stereocenters. The van der Waals surface area contributed by atoms with Crippen LogP contribution in [0.1, 0.15) is 17.4 Å². The number of amides is 1. The summed E-state index contributed by atoms with van der Waals surface area (Å²) in [6.07, 6.45) is -3.20. The molecule has 2 N–H and O–H groups in total. The SMILES string of the molecule is CC(NS(=O)(=O)c1cn(C)c(C(=O)Nc2ccnc(F)c2)c1F)C(F)(F)F. The minimum absolute atomic E-state index is 0.0821. The van der Waals surface area contributed by atoms with Crippen molar-refractivity contribution in [3.63, 3.8) is 0 Å². The van der Waals surface area contributed by atoms with Crippen molar-refractivity contribution in [3.05, 3.63) is 42.0 Å². The number of hydrogen-bond acceptors (Lipinski definition) is 4. The van der Waals surface area contributed by atoms with Crippen molar-refractivity contribution in [2.75, 3.05) is 5.32 Å². The van der Waals surface area contributed by atoms with Gasteiger partial charge in [0.15, 0.2) is 5.82 Å². The van der Waals surface area contributed by atoms with Gasteiger partial charge < -0.3 is 9.88 Å². The van der Waals surface area contributed by atoms with Crippen molar-refractivity contribution in [1.82, 2.24) is 14.3 Å². The van der Waals surface area contributed by atoms with Crippen LogP contribution >= 0.6 is 0 Å². The fourth-order valence-corrected chi connectivity index (χ4v) is 3.40. The number of anilines is 1. The van der Waals surface area contributed by atoms with Crippen molar-refractivity contribution in [3.8, 4) is 0 Å². The summed E-state index contributed by atoms with van der Waals surface area (Å²) in [5.74, 6) is -3.61. The van der Waals surface area contributed by atoms with Crippen LogP contribution in [-0.4, -0.2) is 36.1 Å². The van der Waals surface area contributed by atoms with E-state index in [9.17, 15) is 35.2 Å². The third-order valence-electron chi connectivity index (χ3n) is 3.40. The van der Waals surface area contributed by atoms with E-state index in [0.29, 0.717) is 13.1 Å². The highest BCUT2D eigenvalue weighted by Crippen LogP contribution is 2.25. The average Bonchev–Trinajstić information content (AvgIpc) is 2.81. The van der Waals surface area contributed by atoms with Crippen LogP contribution in [0.25, 0.3) is 0 Å². The van der Waals surface area contributed by atoms with Crippen LogP contribution in [0.3, 0.4) is 0 Å². The molecular weight excluding hydrogens is 399 g/mol. The maximum Gasteiger partial charge on any atom is 0.404 e. The van der Waals surface area contributed by atoms with E-state index in [1.54, 1.807) is 0 Å². The lowest BCUT2D eigenvalue weighted by atomic mass is 10.3. The largest absolute Gasteiger partial charge is 0.404 e. The lowest BCUT2D eigenvalue weighted by molar-refractivity contribution is -0.147. The molecule has 0 aliphatic carbocycles. The van der Waals surface area contributed by atoms with E-state index >= 15 is 0 Å². The summed E-state index contributed by atoms with van der Waals surface area (Å²) in [6, 6.07) is -0.436. The second-order valence-electron chi connectivity index (χ2n) is 5.47. The maximum absolute atomic E-state index is 14.5. The van der Waals surface area contributed by atoms with Crippen molar-refractivity contribution >= 4 is 21.6 Å². The zero-order valence-corrected chi connectivity index (χ0v) is 14.6. The van der Waals surface area contributed by atoms with E-state index < -0.39 is 50.5 Å². The Balaban J connectivity index is 2.34. The zero-order valence-electron chi connectivity index (χ0n) is 13.8. The fraction of sp³-hybridized carbons (Fsp3) is 0.286. The third-order valence-corrected chi connectivity index (χ3v) is 4.93. The predicted molar refractivity (Wildman–Crippen MR) is 83.4 cm³/mol. The summed E-state index contributed by atoms with van der Waals surface area (Å²) in [7, 11) is -3.78. The number of alkyl halides is 3. The Morgan fingerprint density at radius 3 is 2.48 bits per heavy atom. The molecule has 2 rings (SSSR count). The Labute approximate surface area is 150 Å². The molecule has 2 aromatic heterocycles. The first-order valence-corrected chi connectivity index (χ1v) is 8.68. The first-order valence-electron chi connectivity index (χ1n) is 7.19. The Hall–Kier alpha value is -2.54. The average molecular weight is 412 g/mol. The molecule has 0 saturated carbocycles. The molecule has 148 valence electrons. The molecule has 0 bridgehead atoms. The minimum Gasteiger partial charge on any atom is -0.343 e. The Morgan fingerprint density at radius 1 is 1.30 bits per heavy atom. The van der Waals surface area contributed by atoms with Crippen molar-refractivity contribution in [1.29, 1.82) is 0 Å². The summed E-state index contributed by atoms with van der Waals surface area (Å²) in [6.45, 7) is 0.546. The van der Waals surface area contributed by atoms with Crippen LogP contribution in [0.15, 0.2) is 29.4 Å². The monoisotopic (exact) mass is 412 g/mol.